The van der Waals surface area contributed by atoms with Crippen molar-refractivity contribution in [3.8, 4) is 24.7 Å². The maximum absolute atomic E-state index is 10.3. The van der Waals surface area contributed by atoms with Crippen LogP contribution in [0.15, 0.2) is 23.8 Å². The predicted molar refractivity (Wildman–Crippen MR) is 123 cm³/mol. The van der Waals surface area contributed by atoms with Crippen molar-refractivity contribution in [3.05, 3.63) is 23.8 Å². The molecule has 2 rings (SSSR count). The SMILES string of the molecule is C#C.CC#CC.CCC(C)(C)C(=O)O.CC[C@H]1[C@@H](C)C=CC2=CCCC[C@@]21C. The number of terminal acetylenes is 1. The molecule has 0 spiro atoms. The van der Waals surface area contributed by atoms with E-state index < -0.39 is 11.4 Å². The first-order valence-corrected chi connectivity index (χ1v) is 10.4. The van der Waals surface area contributed by atoms with Crippen LogP contribution in [-0.2, 0) is 4.79 Å². The van der Waals surface area contributed by atoms with E-state index in [1.54, 1.807) is 19.4 Å². The van der Waals surface area contributed by atoms with Gasteiger partial charge in [0.25, 0.3) is 0 Å². The summed E-state index contributed by atoms with van der Waals surface area (Å²) in [6.45, 7) is 16.1. The summed E-state index contributed by atoms with van der Waals surface area (Å²) >= 11 is 0. The van der Waals surface area contributed by atoms with Crippen molar-refractivity contribution >= 4 is 5.97 Å². The monoisotopic (exact) mass is 386 g/mol. The highest BCUT2D eigenvalue weighted by Crippen LogP contribution is 2.51. The van der Waals surface area contributed by atoms with Crippen LogP contribution in [0, 0.1) is 47.4 Å². The van der Waals surface area contributed by atoms with Gasteiger partial charge >= 0.3 is 5.97 Å². The second kappa shape index (κ2) is 14.1. The number of hydrogen-bond donors (Lipinski definition) is 1. The fourth-order valence-electron chi connectivity index (χ4n) is 3.71. The minimum absolute atomic E-state index is 0.487. The van der Waals surface area contributed by atoms with E-state index in [1.165, 1.54) is 25.7 Å². The minimum atomic E-state index is -0.722. The van der Waals surface area contributed by atoms with E-state index in [1.807, 2.05) is 20.8 Å². The highest BCUT2D eigenvalue weighted by atomic mass is 16.4. The molecule has 0 fully saturated rings. The lowest BCUT2D eigenvalue weighted by Crippen LogP contribution is -2.36. The summed E-state index contributed by atoms with van der Waals surface area (Å²) in [4.78, 5) is 10.3. The van der Waals surface area contributed by atoms with Gasteiger partial charge in [-0.15, -0.1) is 24.7 Å². The van der Waals surface area contributed by atoms with Gasteiger partial charge in [0, 0.05) is 0 Å². The Bertz CT molecular complexity index is 589. The third-order valence-corrected chi connectivity index (χ3v) is 6.11. The molecule has 0 aromatic heterocycles. The molecule has 0 saturated carbocycles. The first-order valence-electron chi connectivity index (χ1n) is 10.4. The molecule has 28 heavy (non-hydrogen) atoms. The first-order chi connectivity index (χ1) is 13.1. The number of aliphatic carboxylic acids is 1. The second-order valence-corrected chi connectivity index (χ2v) is 8.24. The zero-order valence-corrected chi connectivity index (χ0v) is 19.4. The highest BCUT2D eigenvalue weighted by molar-refractivity contribution is 5.73. The number of carboxylic acid groups (broad SMARTS) is 1. The standard InChI is InChI=1S/C14H22.C6H12O2.C4H6.C2H2/c1-4-13-11(2)8-9-12-7-5-6-10-14(12,13)3;1-4-6(2,3)5(7)8;1-3-4-2;1-2/h7-9,11,13H,4-6,10H2,1-3H3;4H2,1-3H3,(H,7,8);1-2H3;1-2H/t11-,13-,14-;;;/m0.../s1. The van der Waals surface area contributed by atoms with E-state index in [0.717, 1.165) is 11.8 Å². The van der Waals surface area contributed by atoms with E-state index in [-0.39, 0.29) is 0 Å². The number of carbonyl (C=O) groups is 1. The van der Waals surface area contributed by atoms with Crippen LogP contribution in [0.25, 0.3) is 0 Å². The fraction of sp³-hybridized carbons (Fsp3) is 0.654. The molecule has 158 valence electrons. The van der Waals surface area contributed by atoms with Crippen LogP contribution < -0.4 is 0 Å². The van der Waals surface area contributed by atoms with Gasteiger partial charge in [0.1, 0.15) is 0 Å². The topological polar surface area (TPSA) is 37.3 Å². The summed E-state index contributed by atoms with van der Waals surface area (Å²) in [6.07, 6.45) is 21.3. The zero-order chi connectivity index (χ0) is 22.4. The van der Waals surface area contributed by atoms with Crippen molar-refractivity contribution < 1.29 is 9.90 Å². The lowest BCUT2D eigenvalue weighted by Gasteiger charge is -2.46. The lowest BCUT2D eigenvalue weighted by molar-refractivity contribution is -0.147. The molecule has 2 nitrogen and oxygen atoms in total. The molecule has 0 unspecified atom stereocenters. The number of carboxylic acids is 1. The van der Waals surface area contributed by atoms with Crippen LogP contribution in [0.2, 0.25) is 0 Å². The number of fused-ring (bicyclic) bond motifs is 1. The van der Waals surface area contributed by atoms with Crippen LogP contribution in [-0.4, -0.2) is 11.1 Å². The average molecular weight is 387 g/mol. The summed E-state index contributed by atoms with van der Waals surface area (Å²) in [5.74, 6) is 6.26. The third-order valence-electron chi connectivity index (χ3n) is 6.11. The quantitative estimate of drug-likeness (QED) is 0.524. The second-order valence-electron chi connectivity index (χ2n) is 8.24. The molecule has 0 aliphatic heterocycles. The minimum Gasteiger partial charge on any atom is -0.481 e. The molecule has 0 aromatic carbocycles. The smallest absolute Gasteiger partial charge is 0.309 e. The van der Waals surface area contributed by atoms with Crippen molar-refractivity contribution in [2.24, 2.45) is 22.7 Å². The van der Waals surface area contributed by atoms with E-state index in [0.29, 0.717) is 11.8 Å². The van der Waals surface area contributed by atoms with Gasteiger partial charge < -0.3 is 5.11 Å². The van der Waals surface area contributed by atoms with Gasteiger partial charge in [-0.1, -0.05) is 52.3 Å². The molecule has 1 N–H and O–H groups in total. The van der Waals surface area contributed by atoms with Gasteiger partial charge in [-0.3, -0.25) is 4.79 Å². The Morgan fingerprint density at radius 3 is 2.18 bits per heavy atom. The molecule has 0 bridgehead atoms. The van der Waals surface area contributed by atoms with Gasteiger partial charge in [0.2, 0.25) is 0 Å². The van der Waals surface area contributed by atoms with Gasteiger partial charge in [-0.05, 0) is 76.2 Å². The number of rotatable bonds is 3. The molecule has 3 atom stereocenters. The Hall–Kier alpha value is -1.93. The summed E-state index contributed by atoms with van der Waals surface area (Å²) in [5, 5.41) is 8.44. The molecule has 0 radical (unpaired) electrons. The van der Waals surface area contributed by atoms with Gasteiger partial charge in [0.15, 0.2) is 0 Å². The number of allylic oxidation sites excluding steroid dienone is 4. The van der Waals surface area contributed by atoms with Crippen molar-refractivity contribution in [3.63, 3.8) is 0 Å². The molecular formula is C26H42O2. The van der Waals surface area contributed by atoms with Crippen LogP contribution in [0.4, 0.5) is 0 Å². The van der Waals surface area contributed by atoms with Gasteiger partial charge in [-0.25, -0.2) is 0 Å². The molecule has 2 aliphatic carbocycles. The van der Waals surface area contributed by atoms with E-state index in [9.17, 15) is 4.79 Å². The number of hydrogen-bond acceptors (Lipinski definition) is 1. The van der Waals surface area contributed by atoms with Gasteiger partial charge in [0.05, 0.1) is 5.41 Å². The molecule has 0 aromatic rings. The largest absolute Gasteiger partial charge is 0.481 e. The summed E-state index contributed by atoms with van der Waals surface area (Å²) in [6, 6.07) is 0. The molecule has 2 heteroatoms. The summed E-state index contributed by atoms with van der Waals surface area (Å²) in [7, 11) is 0. The van der Waals surface area contributed by atoms with Crippen molar-refractivity contribution in [2.45, 2.75) is 87.5 Å². The fourth-order valence-corrected chi connectivity index (χ4v) is 3.71. The Kier molecular flexibility index (Phi) is 14.3. The highest BCUT2D eigenvalue weighted by Gasteiger charge is 2.40. The van der Waals surface area contributed by atoms with Crippen LogP contribution in [0.3, 0.4) is 0 Å². The molecule has 0 amide bonds. The van der Waals surface area contributed by atoms with Crippen molar-refractivity contribution in [1.82, 2.24) is 0 Å². The predicted octanol–water partition coefficient (Wildman–Crippen LogP) is 7.12. The first kappa shape index (κ1) is 28.3. The summed E-state index contributed by atoms with van der Waals surface area (Å²) < 4.78 is 0. The Balaban J connectivity index is 0. The Morgan fingerprint density at radius 1 is 1.29 bits per heavy atom. The molecule has 2 aliphatic rings. The lowest BCUT2D eigenvalue weighted by atomic mass is 9.59. The summed E-state index contributed by atoms with van der Waals surface area (Å²) in [5.41, 5.74) is 1.56. The Labute approximate surface area is 174 Å². The van der Waals surface area contributed by atoms with Crippen molar-refractivity contribution in [2.75, 3.05) is 0 Å². The maximum Gasteiger partial charge on any atom is 0.309 e. The van der Waals surface area contributed by atoms with E-state index >= 15 is 0 Å². The molecular weight excluding hydrogens is 344 g/mol. The van der Waals surface area contributed by atoms with Crippen molar-refractivity contribution in [1.29, 1.82) is 0 Å². The van der Waals surface area contributed by atoms with E-state index in [4.69, 9.17) is 5.11 Å². The normalized spacial score (nSPS) is 24.7. The van der Waals surface area contributed by atoms with Gasteiger partial charge in [-0.2, -0.15) is 0 Å². The van der Waals surface area contributed by atoms with Crippen LogP contribution in [0.1, 0.15) is 87.5 Å². The molecule has 0 heterocycles. The van der Waals surface area contributed by atoms with E-state index in [2.05, 4.69) is 63.7 Å². The zero-order valence-electron chi connectivity index (χ0n) is 19.4. The Morgan fingerprint density at radius 2 is 1.82 bits per heavy atom. The molecule has 0 saturated heterocycles. The van der Waals surface area contributed by atoms with Crippen LogP contribution in [0.5, 0.6) is 0 Å². The van der Waals surface area contributed by atoms with Crippen LogP contribution >= 0.6 is 0 Å². The maximum atomic E-state index is 10.3. The average Bonchev–Trinajstić information content (AvgIpc) is 2.69. The third kappa shape index (κ3) is 8.39.